The number of hydrogen-bond donors (Lipinski definition) is 0. The number of likely N-dealkylation sites (N-methyl/N-ethyl adjacent to an activating group) is 1. The Labute approximate surface area is 398 Å². The standard InChI is InChI=1S/C57H95NO7/c1-6-8-10-12-14-16-18-20-22-24-26-27-28-30-32-34-36-38-40-42-44-46-48-56(60)65-53(51-63-50-49-54(57(61)62)58(3,4)5)52-64-55(59)47-45-43-41-39-37-35-33-31-29-25-23-21-19-17-15-13-11-9-7-2/h9,11,13,15,17,19,21,23,25,28-31,33,35,37,53-54H,6-8,10,12,14,16,18,20,22,24,26-27,32,34,36,38-52H2,1-5H3/b11-9+,15-13+,19-17+,23-21+,29-25+,30-28+,33-31+,37-35+. The molecule has 0 spiro atoms. The SMILES string of the molecule is CC/C=C/C=C/C=C/C=C/C=C/C=C/C=C/CCCCCC(=O)OCC(COCCC(C(=O)[O-])[N+](C)(C)C)OC(=O)CCCCCCCCC/C=C/CCCCCCCCCCCCC. The second kappa shape index (κ2) is 46.8. The van der Waals surface area contributed by atoms with Crippen molar-refractivity contribution in [2.45, 2.75) is 206 Å². The van der Waals surface area contributed by atoms with Crippen LogP contribution in [0.5, 0.6) is 0 Å². The summed E-state index contributed by atoms with van der Waals surface area (Å²) in [6.07, 6.45) is 63.0. The minimum atomic E-state index is -1.14. The number of carboxylic acid groups (broad SMARTS) is 1. The summed E-state index contributed by atoms with van der Waals surface area (Å²) in [7, 11) is 5.39. The molecule has 370 valence electrons. The van der Waals surface area contributed by atoms with Crippen LogP contribution in [0.2, 0.25) is 0 Å². The Hall–Kier alpha value is -3.75. The van der Waals surface area contributed by atoms with E-state index >= 15 is 0 Å². The number of quaternary nitrogens is 1. The molecule has 0 aromatic rings. The minimum Gasteiger partial charge on any atom is -0.544 e. The maximum atomic E-state index is 12.8. The fourth-order valence-electron chi connectivity index (χ4n) is 7.17. The highest BCUT2D eigenvalue weighted by molar-refractivity contribution is 5.70. The molecular formula is C57H95NO7. The molecule has 0 aromatic heterocycles. The number of hydrogen-bond acceptors (Lipinski definition) is 7. The van der Waals surface area contributed by atoms with Gasteiger partial charge in [-0.3, -0.25) is 9.59 Å². The van der Waals surface area contributed by atoms with Crippen LogP contribution in [0.25, 0.3) is 0 Å². The van der Waals surface area contributed by atoms with Gasteiger partial charge in [0.15, 0.2) is 6.10 Å². The van der Waals surface area contributed by atoms with Crippen LogP contribution in [0.3, 0.4) is 0 Å². The first kappa shape index (κ1) is 61.2. The molecule has 0 aliphatic carbocycles. The number of rotatable bonds is 45. The summed E-state index contributed by atoms with van der Waals surface area (Å²) in [5.74, 6) is -1.81. The van der Waals surface area contributed by atoms with Crippen LogP contribution in [0.1, 0.15) is 194 Å². The third kappa shape index (κ3) is 45.2. The molecule has 0 aliphatic rings. The molecule has 65 heavy (non-hydrogen) atoms. The van der Waals surface area contributed by atoms with E-state index in [0.717, 1.165) is 44.9 Å². The summed E-state index contributed by atoms with van der Waals surface area (Å²) in [4.78, 5) is 37.0. The zero-order valence-corrected chi connectivity index (χ0v) is 42.1. The van der Waals surface area contributed by atoms with Crippen molar-refractivity contribution in [3.8, 4) is 0 Å². The van der Waals surface area contributed by atoms with Crippen molar-refractivity contribution in [2.24, 2.45) is 0 Å². The number of unbranched alkanes of at least 4 members (excludes halogenated alkanes) is 21. The predicted molar refractivity (Wildman–Crippen MR) is 272 cm³/mol. The smallest absolute Gasteiger partial charge is 0.306 e. The Morgan fingerprint density at radius 2 is 0.877 bits per heavy atom. The highest BCUT2D eigenvalue weighted by atomic mass is 16.6. The molecule has 0 radical (unpaired) electrons. The monoisotopic (exact) mass is 906 g/mol. The van der Waals surface area contributed by atoms with Gasteiger partial charge in [0.2, 0.25) is 0 Å². The van der Waals surface area contributed by atoms with E-state index in [1.54, 1.807) is 21.1 Å². The molecule has 0 N–H and O–H groups in total. The van der Waals surface area contributed by atoms with Crippen LogP contribution in [0, 0.1) is 0 Å². The van der Waals surface area contributed by atoms with Crippen LogP contribution in [0.15, 0.2) is 97.2 Å². The minimum absolute atomic E-state index is 0.0182. The van der Waals surface area contributed by atoms with Crippen LogP contribution < -0.4 is 5.11 Å². The number of aliphatic carboxylic acids is 1. The van der Waals surface area contributed by atoms with Gasteiger partial charge < -0.3 is 28.6 Å². The van der Waals surface area contributed by atoms with Crippen LogP contribution in [-0.2, 0) is 28.6 Å². The molecule has 2 unspecified atom stereocenters. The molecular weight excluding hydrogens is 811 g/mol. The van der Waals surface area contributed by atoms with E-state index in [0.29, 0.717) is 12.8 Å². The van der Waals surface area contributed by atoms with E-state index in [1.807, 2.05) is 72.9 Å². The summed E-state index contributed by atoms with van der Waals surface area (Å²) >= 11 is 0. The second-order valence-electron chi connectivity index (χ2n) is 18.2. The first-order valence-electron chi connectivity index (χ1n) is 25.9. The van der Waals surface area contributed by atoms with Gasteiger partial charge in [-0.25, -0.2) is 0 Å². The molecule has 0 aromatic carbocycles. The van der Waals surface area contributed by atoms with Crippen molar-refractivity contribution in [1.82, 2.24) is 0 Å². The van der Waals surface area contributed by atoms with E-state index in [-0.39, 0.29) is 49.1 Å². The average Bonchev–Trinajstić information content (AvgIpc) is 3.27. The van der Waals surface area contributed by atoms with Crippen LogP contribution in [-0.4, -0.2) is 75.5 Å². The summed E-state index contributed by atoms with van der Waals surface area (Å²) in [5.41, 5.74) is 0. The zero-order valence-electron chi connectivity index (χ0n) is 42.1. The van der Waals surface area contributed by atoms with E-state index < -0.39 is 18.1 Å². The van der Waals surface area contributed by atoms with Crippen molar-refractivity contribution in [3.63, 3.8) is 0 Å². The van der Waals surface area contributed by atoms with Crippen LogP contribution >= 0.6 is 0 Å². The highest BCUT2D eigenvalue weighted by Gasteiger charge is 2.25. The van der Waals surface area contributed by atoms with Gasteiger partial charge in [-0.15, -0.1) is 0 Å². The van der Waals surface area contributed by atoms with Gasteiger partial charge >= 0.3 is 11.9 Å². The Balaban J connectivity index is 4.35. The summed E-state index contributed by atoms with van der Waals surface area (Å²) in [6, 6.07) is -0.740. The molecule has 2 atom stereocenters. The second-order valence-corrected chi connectivity index (χ2v) is 18.2. The van der Waals surface area contributed by atoms with Gasteiger partial charge in [-0.2, -0.15) is 0 Å². The third-order valence-electron chi connectivity index (χ3n) is 11.1. The molecule has 0 saturated heterocycles. The lowest BCUT2D eigenvalue weighted by Gasteiger charge is -2.34. The lowest BCUT2D eigenvalue weighted by atomic mass is 10.0. The molecule has 0 rings (SSSR count). The van der Waals surface area contributed by atoms with Crippen LogP contribution in [0.4, 0.5) is 0 Å². The summed E-state index contributed by atoms with van der Waals surface area (Å²) < 4.78 is 17.2. The van der Waals surface area contributed by atoms with Crippen molar-refractivity contribution in [2.75, 3.05) is 41.0 Å². The van der Waals surface area contributed by atoms with Crippen molar-refractivity contribution < 1.29 is 38.2 Å². The molecule has 0 fully saturated rings. The van der Waals surface area contributed by atoms with Gasteiger partial charge in [0.1, 0.15) is 12.6 Å². The highest BCUT2D eigenvalue weighted by Crippen LogP contribution is 2.15. The molecule has 0 heterocycles. The number of carboxylic acids is 1. The van der Waals surface area contributed by atoms with E-state index in [2.05, 4.69) is 38.2 Å². The zero-order chi connectivity index (χ0) is 47.7. The molecule has 8 nitrogen and oxygen atoms in total. The number of ether oxygens (including phenoxy) is 3. The Bertz CT molecular complexity index is 1380. The predicted octanol–water partition coefficient (Wildman–Crippen LogP) is 13.7. The Morgan fingerprint density at radius 1 is 0.477 bits per heavy atom. The first-order chi connectivity index (χ1) is 31.6. The number of carbonyl (C=O) groups is 3. The first-order valence-corrected chi connectivity index (χ1v) is 25.9. The lowest BCUT2D eigenvalue weighted by molar-refractivity contribution is -0.889. The Morgan fingerprint density at radius 3 is 1.34 bits per heavy atom. The van der Waals surface area contributed by atoms with Crippen molar-refractivity contribution in [3.05, 3.63) is 97.2 Å². The van der Waals surface area contributed by atoms with Gasteiger partial charge in [-0.05, 0) is 57.8 Å². The van der Waals surface area contributed by atoms with Crippen molar-refractivity contribution in [1.29, 1.82) is 0 Å². The van der Waals surface area contributed by atoms with Gasteiger partial charge in [0.25, 0.3) is 0 Å². The largest absolute Gasteiger partial charge is 0.544 e. The number of nitrogens with zero attached hydrogens (tertiary/aromatic N) is 1. The maximum Gasteiger partial charge on any atom is 0.306 e. The lowest BCUT2D eigenvalue weighted by Crippen LogP contribution is -2.55. The Kier molecular flexibility index (Phi) is 44.1. The van der Waals surface area contributed by atoms with E-state index in [9.17, 15) is 19.5 Å². The molecule has 0 bridgehead atoms. The number of esters is 2. The molecule has 0 amide bonds. The van der Waals surface area contributed by atoms with E-state index in [4.69, 9.17) is 14.2 Å². The summed E-state index contributed by atoms with van der Waals surface area (Å²) in [5, 5.41) is 11.7. The maximum absolute atomic E-state index is 12.8. The van der Waals surface area contributed by atoms with Gasteiger partial charge in [0.05, 0.1) is 40.3 Å². The summed E-state index contributed by atoms with van der Waals surface area (Å²) in [6.45, 7) is 4.47. The van der Waals surface area contributed by atoms with E-state index in [1.165, 1.54) is 109 Å². The normalized spacial score (nSPS) is 13.7. The average molecular weight is 906 g/mol. The molecule has 8 heteroatoms. The third-order valence-corrected chi connectivity index (χ3v) is 11.1. The van der Waals surface area contributed by atoms with Gasteiger partial charge in [0, 0.05) is 19.3 Å². The number of carbonyl (C=O) groups excluding carboxylic acids is 3. The number of allylic oxidation sites excluding steroid dienone is 16. The topological polar surface area (TPSA) is 102 Å². The molecule has 0 aliphatic heterocycles. The fourth-order valence-corrected chi connectivity index (χ4v) is 7.17. The van der Waals surface area contributed by atoms with Gasteiger partial charge in [-0.1, -0.05) is 214 Å². The fraction of sp³-hybridized carbons (Fsp3) is 0.667. The molecule has 0 saturated carbocycles. The quantitative estimate of drug-likeness (QED) is 0.0197. The van der Waals surface area contributed by atoms with Crippen molar-refractivity contribution >= 4 is 17.9 Å².